The number of carbonyl (C=O) groups is 2. The van der Waals surface area contributed by atoms with E-state index in [4.69, 9.17) is 5.11 Å². The van der Waals surface area contributed by atoms with Crippen molar-refractivity contribution in [3.05, 3.63) is 0 Å². The predicted molar refractivity (Wildman–Crippen MR) is 38.7 cm³/mol. The normalized spacial score (nSPS) is 6.50. The first kappa shape index (κ1) is 17.1. The minimum atomic E-state index is -1.54. The zero-order chi connectivity index (χ0) is 6.57. The van der Waals surface area contributed by atoms with Crippen LogP contribution < -0.4 is 0 Å². The van der Waals surface area contributed by atoms with Gasteiger partial charge in [0.25, 0.3) is 0 Å². The quantitative estimate of drug-likeness (QED) is 0.318. The Morgan fingerprint density at radius 2 is 1.80 bits per heavy atom. The Balaban J connectivity index is -0.000000245. The molecule has 0 saturated carbocycles. The Morgan fingerprint density at radius 3 is 1.90 bits per heavy atom. The third kappa shape index (κ3) is 11.7. The van der Waals surface area contributed by atoms with E-state index in [1.165, 1.54) is 6.92 Å². The molecule has 1 N–H and O–H groups in total. The van der Waals surface area contributed by atoms with E-state index >= 15 is 0 Å². The molecule has 0 fully saturated rings. The van der Waals surface area contributed by atoms with E-state index in [-0.39, 0.29) is 65.5 Å². The summed E-state index contributed by atoms with van der Waals surface area (Å²) in [6.45, 7) is 1.52. The first-order valence-corrected chi connectivity index (χ1v) is 2.10. The molecular formula is C4H8Na2O4. The molecule has 0 amide bonds. The second-order valence-corrected chi connectivity index (χ2v) is 1.09. The van der Waals surface area contributed by atoms with Crippen LogP contribution in [0.4, 0.5) is 4.79 Å². The molecule has 0 spiro atoms. The first-order valence-electron chi connectivity index (χ1n) is 2.10. The summed E-state index contributed by atoms with van der Waals surface area (Å²) in [7, 11) is 0. The van der Waals surface area contributed by atoms with Crippen molar-refractivity contribution in [1.29, 1.82) is 0 Å². The maximum absolute atomic E-state index is 10.0. The van der Waals surface area contributed by atoms with Gasteiger partial charge in [-0.15, -0.1) is 0 Å². The van der Waals surface area contributed by atoms with E-state index < -0.39 is 12.1 Å². The molecule has 0 saturated heterocycles. The summed E-state index contributed by atoms with van der Waals surface area (Å²) in [5.74, 6) is -0.725. The number of carbonyl (C=O) groups excluding carboxylic acids is 1. The number of rotatable bonds is 1. The van der Waals surface area contributed by atoms with Crippen LogP contribution in [0.25, 0.3) is 0 Å². The van der Waals surface area contributed by atoms with Crippen molar-refractivity contribution in [1.82, 2.24) is 0 Å². The number of hydrogen-bond acceptors (Lipinski definition) is 3. The zero-order valence-corrected chi connectivity index (χ0v) is 4.38. The summed E-state index contributed by atoms with van der Waals surface area (Å²) in [6.07, 6.45) is -1.45. The van der Waals surface area contributed by atoms with Gasteiger partial charge in [0.2, 0.25) is 0 Å². The predicted octanol–water partition coefficient (Wildman–Crippen LogP) is -0.679. The molecule has 4 nitrogen and oxygen atoms in total. The SMILES string of the molecule is CCC(=O)OC(=O)O.[NaH].[NaH]. The molecule has 0 aliphatic rings. The summed E-state index contributed by atoms with van der Waals surface area (Å²) in [5, 5.41) is 7.77. The van der Waals surface area contributed by atoms with Gasteiger partial charge in [0.15, 0.2) is 0 Å². The van der Waals surface area contributed by atoms with E-state index in [1.54, 1.807) is 0 Å². The van der Waals surface area contributed by atoms with Gasteiger partial charge < -0.3 is 9.84 Å². The van der Waals surface area contributed by atoms with Gasteiger partial charge in [0.1, 0.15) is 0 Å². The van der Waals surface area contributed by atoms with Gasteiger partial charge in [-0.3, -0.25) is 4.79 Å². The van der Waals surface area contributed by atoms with Crippen LogP contribution in [-0.4, -0.2) is 76.3 Å². The van der Waals surface area contributed by atoms with Crippen LogP contribution in [0.5, 0.6) is 0 Å². The van der Waals surface area contributed by atoms with Gasteiger partial charge in [-0.1, -0.05) is 6.92 Å². The van der Waals surface area contributed by atoms with Crippen molar-refractivity contribution in [3.63, 3.8) is 0 Å². The molecule has 0 radical (unpaired) electrons. The van der Waals surface area contributed by atoms with Crippen LogP contribution in [-0.2, 0) is 9.53 Å². The molecule has 50 valence electrons. The van der Waals surface area contributed by atoms with E-state index in [2.05, 4.69) is 4.74 Å². The van der Waals surface area contributed by atoms with Crippen molar-refractivity contribution in [2.45, 2.75) is 13.3 Å². The van der Waals surface area contributed by atoms with Crippen molar-refractivity contribution in [3.8, 4) is 0 Å². The number of carboxylic acid groups (broad SMARTS) is 1. The van der Waals surface area contributed by atoms with Crippen LogP contribution in [0, 0.1) is 0 Å². The zero-order valence-electron chi connectivity index (χ0n) is 4.38. The standard InChI is InChI=1S/C4H6O4.2Na.2H/c1-2-3(5)8-4(6)7;;;;/h2H2,1H3,(H,6,7);;;;. The van der Waals surface area contributed by atoms with E-state index in [0.717, 1.165) is 0 Å². The van der Waals surface area contributed by atoms with Crippen LogP contribution in [0.2, 0.25) is 0 Å². The number of esters is 1. The topological polar surface area (TPSA) is 63.6 Å². The molecule has 0 heterocycles. The summed E-state index contributed by atoms with van der Waals surface area (Å²) in [6, 6.07) is 0. The molecular weight excluding hydrogens is 158 g/mol. The van der Waals surface area contributed by atoms with Gasteiger partial charge in [-0.05, 0) is 0 Å². The second kappa shape index (κ2) is 9.94. The Kier molecular flexibility index (Phi) is 17.0. The van der Waals surface area contributed by atoms with Gasteiger partial charge in [-0.25, -0.2) is 4.79 Å². The molecule has 0 bridgehead atoms. The fourth-order valence-corrected chi connectivity index (χ4v) is 0.170. The van der Waals surface area contributed by atoms with Gasteiger partial charge >= 0.3 is 71.2 Å². The molecule has 0 aromatic heterocycles. The number of hydrogen-bond donors (Lipinski definition) is 1. The van der Waals surface area contributed by atoms with Crippen molar-refractivity contribution in [2.75, 3.05) is 0 Å². The van der Waals surface area contributed by atoms with Crippen LogP contribution in [0.1, 0.15) is 13.3 Å². The molecule has 0 rings (SSSR count). The molecule has 0 aromatic rings. The Labute approximate surface area is 103 Å². The van der Waals surface area contributed by atoms with E-state index in [0.29, 0.717) is 0 Å². The average molecular weight is 166 g/mol. The summed E-state index contributed by atoms with van der Waals surface area (Å²) < 4.78 is 3.68. The van der Waals surface area contributed by atoms with Gasteiger partial charge in [-0.2, -0.15) is 0 Å². The maximum atomic E-state index is 10.0. The molecule has 0 aliphatic carbocycles. The molecule has 6 heteroatoms. The summed E-state index contributed by atoms with van der Waals surface area (Å²) in [5.41, 5.74) is 0. The second-order valence-electron chi connectivity index (χ2n) is 1.09. The number of ether oxygens (including phenoxy) is 1. The minimum absolute atomic E-state index is 0. The molecule has 0 atom stereocenters. The Bertz CT molecular complexity index is 114. The Morgan fingerprint density at radius 1 is 1.40 bits per heavy atom. The van der Waals surface area contributed by atoms with Crippen molar-refractivity contribution < 1.29 is 19.4 Å². The van der Waals surface area contributed by atoms with Gasteiger partial charge in [0, 0.05) is 6.42 Å². The van der Waals surface area contributed by atoms with Crippen LogP contribution in [0.3, 0.4) is 0 Å². The van der Waals surface area contributed by atoms with Crippen molar-refractivity contribution in [2.24, 2.45) is 0 Å². The molecule has 10 heavy (non-hydrogen) atoms. The third-order valence-electron chi connectivity index (χ3n) is 0.490. The van der Waals surface area contributed by atoms with E-state index in [1.807, 2.05) is 0 Å². The summed E-state index contributed by atoms with van der Waals surface area (Å²) >= 11 is 0. The fourth-order valence-electron chi connectivity index (χ4n) is 0.170. The van der Waals surface area contributed by atoms with Gasteiger partial charge in [0.05, 0.1) is 0 Å². The first-order chi connectivity index (χ1) is 3.66. The van der Waals surface area contributed by atoms with Crippen LogP contribution in [0.15, 0.2) is 0 Å². The molecule has 0 aromatic carbocycles. The molecule has 0 unspecified atom stereocenters. The van der Waals surface area contributed by atoms with E-state index in [9.17, 15) is 9.59 Å². The monoisotopic (exact) mass is 166 g/mol. The average Bonchev–Trinajstić information content (AvgIpc) is 1.65. The fraction of sp³-hybridized carbons (Fsp3) is 0.500. The summed E-state index contributed by atoms with van der Waals surface area (Å²) in [4.78, 5) is 19.5. The third-order valence-corrected chi connectivity index (χ3v) is 0.490. The Hall–Kier alpha value is 0.940. The van der Waals surface area contributed by atoms with Crippen LogP contribution >= 0.6 is 0 Å². The molecule has 0 aliphatic heterocycles. The van der Waals surface area contributed by atoms with Crippen molar-refractivity contribution >= 4 is 71.2 Å².